The third-order valence-corrected chi connectivity index (χ3v) is 5.08. The van der Waals surface area contributed by atoms with E-state index >= 15 is 0 Å². The SMILES string of the molecule is Cc1cc2cc(C3=C(C(C)O)SC4=NCCN43)ccc2o1. The highest BCUT2D eigenvalue weighted by atomic mass is 32.2. The Bertz CT molecular complexity index is 789. The minimum atomic E-state index is -0.486. The molecule has 4 nitrogen and oxygen atoms in total. The molecule has 3 heterocycles. The topological polar surface area (TPSA) is 49.0 Å². The summed E-state index contributed by atoms with van der Waals surface area (Å²) in [6.07, 6.45) is -0.486. The van der Waals surface area contributed by atoms with Gasteiger partial charge in [-0.15, -0.1) is 0 Å². The molecule has 0 aliphatic carbocycles. The van der Waals surface area contributed by atoms with Crippen molar-refractivity contribution in [2.45, 2.75) is 20.0 Å². The summed E-state index contributed by atoms with van der Waals surface area (Å²) >= 11 is 1.59. The number of aliphatic hydroxyl groups is 1. The number of hydrogen-bond donors (Lipinski definition) is 1. The molecule has 0 saturated heterocycles. The van der Waals surface area contributed by atoms with Gasteiger partial charge in [0.2, 0.25) is 0 Å². The fourth-order valence-corrected chi connectivity index (χ4v) is 4.05. The van der Waals surface area contributed by atoms with Gasteiger partial charge >= 0.3 is 0 Å². The van der Waals surface area contributed by atoms with Gasteiger partial charge in [0.25, 0.3) is 0 Å². The van der Waals surface area contributed by atoms with Crippen LogP contribution in [0.25, 0.3) is 16.7 Å². The summed E-state index contributed by atoms with van der Waals surface area (Å²) in [6.45, 7) is 5.48. The Morgan fingerprint density at radius 3 is 3.05 bits per heavy atom. The van der Waals surface area contributed by atoms with Crippen LogP contribution in [0.4, 0.5) is 0 Å². The maximum Gasteiger partial charge on any atom is 0.168 e. The molecule has 1 N–H and O–H groups in total. The van der Waals surface area contributed by atoms with Crippen LogP contribution in [0.3, 0.4) is 0 Å². The molecule has 5 heteroatoms. The summed E-state index contributed by atoms with van der Waals surface area (Å²) < 4.78 is 5.64. The molecule has 0 radical (unpaired) electrons. The molecule has 0 amide bonds. The monoisotopic (exact) mass is 300 g/mol. The minimum absolute atomic E-state index is 0.486. The molecule has 4 rings (SSSR count). The number of aliphatic hydroxyl groups excluding tert-OH is 1. The Kier molecular flexibility index (Phi) is 2.87. The summed E-state index contributed by atoms with van der Waals surface area (Å²) in [5, 5.41) is 12.2. The zero-order valence-corrected chi connectivity index (χ0v) is 12.8. The molecule has 0 fully saturated rings. The highest BCUT2D eigenvalue weighted by Crippen LogP contribution is 2.43. The Morgan fingerprint density at radius 1 is 1.38 bits per heavy atom. The summed E-state index contributed by atoms with van der Waals surface area (Å²) in [4.78, 5) is 7.70. The number of hydrogen-bond acceptors (Lipinski definition) is 5. The highest BCUT2D eigenvalue weighted by Gasteiger charge is 2.34. The molecule has 0 spiro atoms. The van der Waals surface area contributed by atoms with Crippen LogP contribution in [0.1, 0.15) is 18.2 Å². The molecule has 0 saturated carbocycles. The second kappa shape index (κ2) is 4.64. The van der Waals surface area contributed by atoms with Gasteiger partial charge in [0.1, 0.15) is 11.3 Å². The first-order chi connectivity index (χ1) is 10.1. The summed E-state index contributed by atoms with van der Waals surface area (Å²) in [5.74, 6) is 0.913. The van der Waals surface area contributed by atoms with E-state index in [1.165, 1.54) is 0 Å². The van der Waals surface area contributed by atoms with Crippen molar-refractivity contribution in [3.63, 3.8) is 0 Å². The minimum Gasteiger partial charge on any atom is -0.461 e. The summed E-state index contributed by atoms with van der Waals surface area (Å²) in [5.41, 5.74) is 3.10. The fraction of sp³-hybridized carbons (Fsp3) is 0.312. The van der Waals surface area contributed by atoms with Crippen molar-refractivity contribution in [3.8, 4) is 0 Å². The van der Waals surface area contributed by atoms with E-state index in [9.17, 15) is 5.11 Å². The molecule has 1 unspecified atom stereocenters. The molecule has 0 bridgehead atoms. The van der Waals surface area contributed by atoms with E-state index in [2.05, 4.69) is 22.0 Å². The van der Waals surface area contributed by atoms with Gasteiger partial charge in [0.15, 0.2) is 5.17 Å². The van der Waals surface area contributed by atoms with Crippen molar-refractivity contribution < 1.29 is 9.52 Å². The van der Waals surface area contributed by atoms with Gasteiger partial charge < -0.3 is 14.4 Å². The zero-order chi connectivity index (χ0) is 14.6. The Hall–Kier alpha value is -1.72. The smallest absolute Gasteiger partial charge is 0.168 e. The number of fused-ring (bicyclic) bond motifs is 2. The number of benzene rings is 1. The lowest BCUT2D eigenvalue weighted by atomic mass is 10.1. The Labute approximate surface area is 127 Å². The van der Waals surface area contributed by atoms with Gasteiger partial charge in [-0.05, 0) is 43.7 Å². The lowest BCUT2D eigenvalue weighted by Crippen LogP contribution is -2.20. The molecule has 2 aliphatic heterocycles. The van der Waals surface area contributed by atoms with Crippen LogP contribution in [0, 0.1) is 6.92 Å². The van der Waals surface area contributed by atoms with E-state index in [0.29, 0.717) is 0 Å². The van der Waals surface area contributed by atoms with Gasteiger partial charge in [0, 0.05) is 16.8 Å². The molecule has 1 atom stereocenters. The lowest BCUT2D eigenvalue weighted by Gasteiger charge is -2.18. The summed E-state index contributed by atoms with van der Waals surface area (Å²) in [7, 11) is 0. The van der Waals surface area contributed by atoms with E-state index in [1.807, 2.05) is 26.0 Å². The lowest BCUT2D eigenvalue weighted by molar-refractivity contribution is 0.240. The maximum atomic E-state index is 10.1. The molecule has 2 aromatic rings. The largest absolute Gasteiger partial charge is 0.461 e. The standard InChI is InChI=1S/C16H16N2O2S/c1-9-7-12-8-11(3-4-13(12)20-9)14-15(10(2)19)21-16-17-5-6-18(14)16/h3-4,7-8,10,19H,5-6H2,1-2H3. The van der Waals surface area contributed by atoms with E-state index in [1.54, 1.807) is 11.8 Å². The van der Waals surface area contributed by atoms with Gasteiger partial charge in [-0.2, -0.15) is 0 Å². The number of aryl methyl sites for hydroxylation is 1. The number of rotatable bonds is 2. The molecule has 1 aromatic carbocycles. The van der Waals surface area contributed by atoms with Crippen molar-refractivity contribution in [2.24, 2.45) is 4.99 Å². The third kappa shape index (κ3) is 2.00. The Balaban J connectivity index is 1.87. The third-order valence-electron chi connectivity index (χ3n) is 3.80. The molecule has 1 aromatic heterocycles. The predicted molar refractivity (Wildman–Crippen MR) is 86.2 cm³/mol. The summed E-state index contributed by atoms with van der Waals surface area (Å²) in [6, 6.07) is 8.24. The van der Waals surface area contributed by atoms with E-state index < -0.39 is 6.10 Å². The second-order valence-electron chi connectivity index (χ2n) is 5.42. The van der Waals surface area contributed by atoms with Crippen LogP contribution in [0.2, 0.25) is 0 Å². The average molecular weight is 300 g/mol. The van der Waals surface area contributed by atoms with Gasteiger partial charge in [-0.1, -0.05) is 11.8 Å². The number of nitrogens with zero attached hydrogens (tertiary/aromatic N) is 2. The number of thioether (sulfide) groups is 1. The highest BCUT2D eigenvalue weighted by molar-refractivity contribution is 8.17. The molecule has 108 valence electrons. The van der Waals surface area contributed by atoms with Gasteiger partial charge in [-0.3, -0.25) is 4.99 Å². The number of furan rings is 1. The zero-order valence-electron chi connectivity index (χ0n) is 12.0. The van der Waals surface area contributed by atoms with Crippen LogP contribution < -0.4 is 0 Å². The van der Waals surface area contributed by atoms with Crippen molar-refractivity contribution in [1.82, 2.24) is 4.90 Å². The predicted octanol–water partition coefficient (Wildman–Crippen LogP) is 3.21. The fourth-order valence-electron chi connectivity index (χ4n) is 2.91. The first kappa shape index (κ1) is 13.0. The van der Waals surface area contributed by atoms with Crippen molar-refractivity contribution >= 4 is 33.6 Å². The second-order valence-corrected chi connectivity index (χ2v) is 6.43. The van der Waals surface area contributed by atoms with Crippen molar-refractivity contribution in [3.05, 3.63) is 40.5 Å². The van der Waals surface area contributed by atoms with Crippen LogP contribution in [-0.4, -0.2) is 34.4 Å². The number of amidine groups is 1. The average Bonchev–Trinajstić information content (AvgIpc) is 3.08. The molecular formula is C16H16N2O2S. The molecular weight excluding hydrogens is 284 g/mol. The Morgan fingerprint density at radius 2 is 2.24 bits per heavy atom. The molecule has 21 heavy (non-hydrogen) atoms. The quantitative estimate of drug-likeness (QED) is 0.925. The number of aliphatic imine (C=N–C) groups is 1. The van der Waals surface area contributed by atoms with Gasteiger partial charge in [-0.25, -0.2) is 0 Å². The van der Waals surface area contributed by atoms with Crippen molar-refractivity contribution in [1.29, 1.82) is 0 Å². The van der Waals surface area contributed by atoms with E-state index in [0.717, 1.165) is 51.2 Å². The first-order valence-electron chi connectivity index (χ1n) is 7.06. The van der Waals surface area contributed by atoms with Crippen LogP contribution in [0.5, 0.6) is 0 Å². The van der Waals surface area contributed by atoms with Crippen molar-refractivity contribution in [2.75, 3.05) is 13.1 Å². The molecule has 2 aliphatic rings. The van der Waals surface area contributed by atoms with E-state index in [-0.39, 0.29) is 0 Å². The van der Waals surface area contributed by atoms with Crippen LogP contribution >= 0.6 is 11.8 Å². The van der Waals surface area contributed by atoms with Crippen LogP contribution in [-0.2, 0) is 0 Å². The normalized spacial score (nSPS) is 19.4. The maximum absolute atomic E-state index is 10.1. The van der Waals surface area contributed by atoms with E-state index in [4.69, 9.17) is 4.42 Å². The van der Waals surface area contributed by atoms with Crippen LogP contribution in [0.15, 0.2) is 38.6 Å². The first-order valence-corrected chi connectivity index (χ1v) is 7.88. The van der Waals surface area contributed by atoms with Gasteiger partial charge in [0.05, 0.1) is 18.3 Å².